The van der Waals surface area contributed by atoms with Crippen molar-refractivity contribution in [1.82, 2.24) is 24.9 Å². The maximum Gasteiger partial charge on any atom is 0.230 e. The van der Waals surface area contributed by atoms with Gasteiger partial charge >= 0.3 is 0 Å². The molecule has 0 saturated carbocycles. The lowest BCUT2D eigenvalue weighted by Gasteiger charge is -2.10. The summed E-state index contributed by atoms with van der Waals surface area (Å²) in [6.07, 6.45) is 6.51. The van der Waals surface area contributed by atoms with E-state index in [4.69, 9.17) is 0 Å². The molecular weight excluding hydrogens is 342 g/mol. The van der Waals surface area contributed by atoms with Gasteiger partial charge in [0.1, 0.15) is 11.2 Å². The van der Waals surface area contributed by atoms with E-state index in [-0.39, 0.29) is 11.9 Å². The fourth-order valence-corrected chi connectivity index (χ4v) is 5.07. The molecule has 1 N–H and O–H groups in total. The van der Waals surface area contributed by atoms with Crippen LogP contribution in [0.2, 0.25) is 0 Å². The second-order valence-electron chi connectivity index (χ2n) is 6.32. The summed E-state index contributed by atoms with van der Waals surface area (Å²) in [4.78, 5) is 19.0. The van der Waals surface area contributed by atoms with Crippen molar-refractivity contribution in [2.45, 2.75) is 50.7 Å². The molecule has 1 aliphatic carbocycles. The van der Waals surface area contributed by atoms with Crippen LogP contribution in [0.4, 0.5) is 0 Å². The molecule has 0 bridgehead atoms. The highest BCUT2D eigenvalue weighted by molar-refractivity contribution is 7.99. The van der Waals surface area contributed by atoms with E-state index >= 15 is 0 Å². The van der Waals surface area contributed by atoms with Crippen LogP contribution in [-0.2, 0) is 17.6 Å². The number of aromatic nitrogens is 4. The fraction of sp³-hybridized carbons (Fsp3) is 0.500. The Kier molecular flexibility index (Phi) is 4.17. The molecule has 0 radical (unpaired) electrons. The van der Waals surface area contributed by atoms with Gasteiger partial charge in [0, 0.05) is 10.9 Å². The van der Waals surface area contributed by atoms with Crippen LogP contribution in [0.25, 0.3) is 15.9 Å². The van der Waals surface area contributed by atoms with Gasteiger partial charge in [-0.2, -0.15) is 0 Å². The van der Waals surface area contributed by atoms with E-state index < -0.39 is 0 Å². The van der Waals surface area contributed by atoms with Crippen molar-refractivity contribution >= 4 is 44.9 Å². The molecule has 0 unspecified atom stereocenters. The van der Waals surface area contributed by atoms with Crippen LogP contribution < -0.4 is 5.32 Å². The number of amides is 1. The number of hydrogen-bond acceptors (Lipinski definition) is 6. The molecule has 0 atom stereocenters. The maximum absolute atomic E-state index is 11.8. The third-order valence-electron chi connectivity index (χ3n) is 4.11. The molecule has 0 saturated heterocycles. The minimum atomic E-state index is 0.00806. The Morgan fingerprint density at radius 3 is 3.04 bits per heavy atom. The number of rotatable bonds is 4. The zero-order chi connectivity index (χ0) is 16.7. The van der Waals surface area contributed by atoms with Gasteiger partial charge in [-0.25, -0.2) is 4.98 Å². The topological polar surface area (TPSA) is 72.2 Å². The quantitative estimate of drug-likeness (QED) is 0.724. The Balaban J connectivity index is 1.68. The second kappa shape index (κ2) is 6.33. The zero-order valence-corrected chi connectivity index (χ0v) is 15.3. The first-order valence-corrected chi connectivity index (χ1v) is 10.00. The summed E-state index contributed by atoms with van der Waals surface area (Å²) < 4.78 is 1.91. The number of nitrogens with one attached hydrogen (secondary N) is 1. The van der Waals surface area contributed by atoms with Crippen molar-refractivity contribution < 1.29 is 4.79 Å². The van der Waals surface area contributed by atoms with Gasteiger partial charge in [0.2, 0.25) is 5.91 Å². The monoisotopic (exact) mass is 361 g/mol. The van der Waals surface area contributed by atoms with Crippen molar-refractivity contribution in [2.24, 2.45) is 0 Å². The van der Waals surface area contributed by atoms with E-state index in [0.29, 0.717) is 10.9 Å². The molecule has 0 spiro atoms. The van der Waals surface area contributed by atoms with E-state index in [2.05, 4.69) is 20.5 Å². The van der Waals surface area contributed by atoms with Crippen molar-refractivity contribution in [3.8, 4) is 0 Å². The highest BCUT2D eigenvalue weighted by Crippen LogP contribution is 2.37. The minimum absolute atomic E-state index is 0.00806. The number of nitrogens with zero attached hydrogens (tertiary/aromatic N) is 4. The molecule has 3 aromatic rings. The lowest BCUT2D eigenvalue weighted by atomic mass is 9.97. The van der Waals surface area contributed by atoms with Crippen LogP contribution in [-0.4, -0.2) is 37.3 Å². The molecule has 0 aromatic carbocycles. The van der Waals surface area contributed by atoms with E-state index in [0.717, 1.165) is 28.7 Å². The highest BCUT2D eigenvalue weighted by atomic mass is 32.2. The first-order chi connectivity index (χ1) is 11.6. The molecule has 1 aliphatic rings. The molecule has 126 valence electrons. The molecule has 3 heterocycles. The average Bonchev–Trinajstić information content (AvgIpc) is 3.12. The summed E-state index contributed by atoms with van der Waals surface area (Å²) in [6.45, 7) is 3.91. The lowest BCUT2D eigenvalue weighted by molar-refractivity contribution is -0.119. The van der Waals surface area contributed by atoms with E-state index in [9.17, 15) is 4.79 Å². The van der Waals surface area contributed by atoms with Crippen molar-refractivity contribution in [2.75, 3.05) is 5.75 Å². The normalized spacial score (nSPS) is 14.5. The van der Waals surface area contributed by atoms with E-state index in [1.807, 2.05) is 18.2 Å². The van der Waals surface area contributed by atoms with E-state index in [1.165, 1.54) is 35.0 Å². The summed E-state index contributed by atoms with van der Waals surface area (Å²) in [5.41, 5.74) is 2.27. The Hall–Kier alpha value is -1.67. The summed E-state index contributed by atoms with van der Waals surface area (Å²) in [7, 11) is 0. The summed E-state index contributed by atoms with van der Waals surface area (Å²) in [5.74, 6) is 0.340. The SMILES string of the molecule is CC(C)NC(=O)CSc1nnc2c3c4c(sc3ncn12)CCCC4. The molecule has 3 aromatic heterocycles. The zero-order valence-electron chi connectivity index (χ0n) is 13.7. The molecule has 0 fully saturated rings. The first-order valence-electron chi connectivity index (χ1n) is 8.19. The van der Waals surface area contributed by atoms with E-state index in [1.54, 1.807) is 17.7 Å². The summed E-state index contributed by atoms with van der Waals surface area (Å²) >= 11 is 3.18. The average molecular weight is 361 g/mol. The maximum atomic E-state index is 11.8. The van der Waals surface area contributed by atoms with Gasteiger partial charge in [0.25, 0.3) is 0 Å². The number of carbonyl (C=O) groups is 1. The van der Waals surface area contributed by atoms with Crippen LogP contribution in [0.1, 0.15) is 37.1 Å². The number of thioether (sulfide) groups is 1. The summed E-state index contributed by atoms with van der Waals surface area (Å²) in [6, 6.07) is 0.145. The van der Waals surface area contributed by atoms with Crippen LogP contribution >= 0.6 is 23.1 Å². The standard InChI is InChI=1S/C16H19N5OS2/c1-9(2)18-12(22)7-23-16-20-19-14-13-10-5-3-4-6-11(10)24-15(13)17-8-21(14)16/h8-9H,3-7H2,1-2H3,(H,18,22). The van der Waals surface area contributed by atoms with Gasteiger partial charge in [0.15, 0.2) is 10.8 Å². The number of fused-ring (bicyclic) bond motifs is 5. The Bertz CT molecular complexity index is 914. The molecule has 6 nitrogen and oxygen atoms in total. The Morgan fingerprint density at radius 2 is 2.21 bits per heavy atom. The molecule has 1 amide bonds. The number of aryl methyl sites for hydroxylation is 2. The Labute approximate surface area is 148 Å². The number of carbonyl (C=O) groups excluding carboxylic acids is 1. The fourth-order valence-electron chi connectivity index (χ4n) is 3.13. The van der Waals surface area contributed by atoms with Gasteiger partial charge in [-0.1, -0.05) is 11.8 Å². The third-order valence-corrected chi connectivity index (χ3v) is 6.26. The van der Waals surface area contributed by atoms with Gasteiger partial charge in [-0.15, -0.1) is 21.5 Å². The molecule has 8 heteroatoms. The van der Waals surface area contributed by atoms with Crippen molar-refractivity contribution in [1.29, 1.82) is 0 Å². The Morgan fingerprint density at radius 1 is 1.38 bits per heavy atom. The summed E-state index contributed by atoms with van der Waals surface area (Å²) in [5, 5.41) is 13.4. The second-order valence-corrected chi connectivity index (χ2v) is 8.35. The van der Waals surface area contributed by atoms with Gasteiger partial charge in [0.05, 0.1) is 11.1 Å². The third kappa shape index (κ3) is 2.77. The number of thiophene rings is 1. The predicted molar refractivity (Wildman–Crippen MR) is 96.8 cm³/mol. The molecule has 24 heavy (non-hydrogen) atoms. The van der Waals surface area contributed by atoms with Gasteiger partial charge < -0.3 is 5.32 Å². The predicted octanol–water partition coefficient (Wildman–Crippen LogP) is 2.83. The molecule has 4 rings (SSSR count). The van der Waals surface area contributed by atoms with Crippen molar-refractivity contribution in [3.63, 3.8) is 0 Å². The van der Waals surface area contributed by atoms with Crippen molar-refractivity contribution in [3.05, 3.63) is 16.8 Å². The highest BCUT2D eigenvalue weighted by Gasteiger charge is 2.21. The minimum Gasteiger partial charge on any atom is -0.353 e. The van der Waals surface area contributed by atoms with Gasteiger partial charge in [-0.05, 0) is 45.1 Å². The van der Waals surface area contributed by atoms with Crippen LogP contribution in [0.3, 0.4) is 0 Å². The van der Waals surface area contributed by atoms with Crippen LogP contribution in [0.15, 0.2) is 11.5 Å². The first kappa shape index (κ1) is 15.8. The molecular formula is C16H19N5OS2. The smallest absolute Gasteiger partial charge is 0.230 e. The number of hydrogen-bond donors (Lipinski definition) is 1. The lowest BCUT2D eigenvalue weighted by Crippen LogP contribution is -2.31. The molecule has 0 aliphatic heterocycles. The largest absolute Gasteiger partial charge is 0.353 e. The van der Waals surface area contributed by atoms with Crippen LogP contribution in [0, 0.1) is 0 Å². The van der Waals surface area contributed by atoms with Gasteiger partial charge in [-0.3, -0.25) is 9.20 Å². The van der Waals surface area contributed by atoms with Crippen LogP contribution in [0.5, 0.6) is 0 Å².